The van der Waals surface area contributed by atoms with E-state index in [-0.39, 0.29) is 5.41 Å². The van der Waals surface area contributed by atoms with Gasteiger partial charge in [0.05, 0.1) is 6.61 Å². The van der Waals surface area contributed by atoms with Gasteiger partial charge in [0.1, 0.15) is 5.76 Å². The van der Waals surface area contributed by atoms with Crippen molar-refractivity contribution in [3.8, 4) is 0 Å². The molecule has 2 aromatic rings. The van der Waals surface area contributed by atoms with Crippen LogP contribution in [0.3, 0.4) is 0 Å². The van der Waals surface area contributed by atoms with Crippen LogP contribution in [0.25, 0.3) is 0 Å². The van der Waals surface area contributed by atoms with Gasteiger partial charge in [-0.05, 0) is 102 Å². The Balaban J connectivity index is 0.000000799. The number of hydrogen-bond donors (Lipinski definition) is 1. The van der Waals surface area contributed by atoms with Gasteiger partial charge in [-0.3, -0.25) is 0 Å². The topological polar surface area (TPSA) is 35.2 Å². The van der Waals surface area contributed by atoms with Gasteiger partial charge in [0.15, 0.2) is 0 Å². The second kappa shape index (κ2) is 23.3. The van der Waals surface area contributed by atoms with Crippen LogP contribution in [0.5, 0.6) is 0 Å². The summed E-state index contributed by atoms with van der Waals surface area (Å²) in [4.78, 5) is 0. The Labute approximate surface area is 283 Å². The van der Waals surface area contributed by atoms with E-state index in [2.05, 4.69) is 148 Å². The van der Waals surface area contributed by atoms with Gasteiger partial charge < -0.3 is 10.5 Å². The summed E-state index contributed by atoms with van der Waals surface area (Å²) in [5.74, 6) is 1.19. The highest BCUT2D eigenvalue weighted by Crippen LogP contribution is 2.38. The molecule has 250 valence electrons. The molecule has 0 radical (unpaired) electrons. The summed E-state index contributed by atoms with van der Waals surface area (Å²) < 4.78 is 5.19. The number of aryl methyl sites for hydroxylation is 2. The third kappa shape index (κ3) is 18.7. The van der Waals surface area contributed by atoms with Gasteiger partial charge >= 0.3 is 0 Å². The lowest BCUT2D eigenvalue weighted by atomic mass is 9.75. The van der Waals surface area contributed by atoms with Crippen molar-refractivity contribution in [2.45, 2.75) is 88.0 Å². The van der Waals surface area contributed by atoms with Crippen molar-refractivity contribution in [1.82, 2.24) is 0 Å². The van der Waals surface area contributed by atoms with E-state index in [1.807, 2.05) is 31.2 Å². The lowest BCUT2D eigenvalue weighted by molar-refractivity contribution is 0.244. The zero-order valence-corrected chi connectivity index (χ0v) is 30.6. The number of allylic oxidation sites excluding steroid dienone is 11. The molecule has 2 heteroatoms. The van der Waals surface area contributed by atoms with Crippen molar-refractivity contribution in [2.24, 2.45) is 17.1 Å². The lowest BCUT2D eigenvalue weighted by Gasteiger charge is -2.29. The molecule has 1 atom stereocenters. The molecule has 46 heavy (non-hydrogen) atoms. The van der Waals surface area contributed by atoms with Gasteiger partial charge in [-0.2, -0.15) is 0 Å². The number of rotatable bonds is 15. The number of benzene rings is 2. The molecule has 0 heterocycles. The first-order valence-corrected chi connectivity index (χ1v) is 16.5. The first-order valence-electron chi connectivity index (χ1n) is 16.5. The fourth-order valence-electron chi connectivity index (χ4n) is 4.23. The first kappa shape index (κ1) is 42.0. The molecule has 0 amide bonds. The van der Waals surface area contributed by atoms with E-state index < -0.39 is 0 Å². The van der Waals surface area contributed by atoms with Crippen LogP contribution in [-0.2, 0) is 11.2 Å². The molecule has 0 spiro atoms. The highest BCUT2D eigenvalue weighted by molar-refractivity contribution is 5.48. The third-order valence-electron chi connectivity index (χ3n) is 7.91. The summed E-state index contributed by atoms with van der Waals surface area (Å²) >= 11 is 0. The van der Waals surface area contributed by atoms with Crippen LogP contribution in [-0.4, -0.2) is 6.61 Å². The quantitative estimate of drug-likeness (QED) is 0.122. The highest BCUT2D eigenvalue weighted by Gasteiger charge is 2.24. The minimum atomic E-state index is -0.0945. The molecule has 2 aromatic carbocycles. The van der Waals surface area contributed by atoms with Gasteiger partial charge in [0.2, 0.25) is 0 Å². The standard InChI is InChI=1S/C25H34.C12H21NO.C7H8/c1-9-13-24(21(5)22(6)25(7,8)19(2)3)18-20(4)16-17-23-14-11-10-12-15-23;1-5-14-12(4)9-7-10(2)6-8-11(3)13;1-7-5-3-2-4-6-7/h9-15,18H,2,6,16-17H2,1,3-5,7-8H3;7,9-10H,3-6,8,13H2,1-2H3;2-6H,1H3/b13-9-,20-18+,24-21+;9-7+;. The maximum Gasteiger partial charge on any atom is 0.111 e. The molecule has 0 aliphatic heterocycles. The fraction of sp³-hybridized carbons (Fsp3) is 0.364. The molecule has 0 bridgehead atoms. The Kier molecular flexibility index (Phi) is 21.3. The molecule has 2 N–H and O–H groups in total. The molecule has 0 fully saturated rings. The maximum absolute atomic E-state index is 5.48. The molecule has 0 aromatic heterocycles. The summed E-state index contributed by atoms with van der Waals surface area (Å²) in [5, 5.41) is 0. The molecule has 1 unspecified atom stereocenters. The van der Waals surface area contributed by atoms with Crippen LogP contribution in [0, 0.1) is 18.3 Å². The third-order valence-corrected chi connectivity index (χ3v) is 7.91. The zero-order chi connectivity index (χ0) is 35.1. The second-order valence-corrected chi connectivity index (χ2v) is 12.5. The van der Waals surface area contributed by atoms with Crippen LogP contribution >= 0.6 is 0 Å². The molecular weight excluding hydrogens is 558 g/mol. The van der Waals surface area contributed by atoms with Crippen molar-refractivity contribution in [3.05, 3.63) is 168 Å². The normalized spacial score (nSPS) is 12.7. The largest absolute Gasteiger partial charge is 0.495 e. The van der Waals surface area contributed by atoms with E-state index in [9.17, 15) is 0 Å². The minimum absolute atomic E-state index is 0.0945. The van der Waals surface area contributed by atoms with E-state index in [4.69, 9.17) is 10.5 Å². The smallest absolute Gasteiger partial charge is 0.111 e. The number of hydrogen-bond acceptors (Lipinski definition) is 2. The number of ether oxygens (including phenoxy) is 1. The van der Waals surface area contributed by atoms with Gasteiger partial charge in [-0.25, -0.2) is 0 Å². The predicted octanol–water partition coefficient (Wildman–Crippen LogP) is 12.6. The lowest BCUT2D eigenvalue weighted by Crippen LogP contribution is -2.16. The average Bonchev–Trinajstić information content (AvgIpc) is 3.02. The Hall–Kier alpha value is -4.04. The minimum Gasteiger partial charge on any atom is -0.495 e. The summed E-state index contributed by atoms with van der Waals surface area (Å²) in [6, 6.07) is 20.9. The van der Waals surface area contributed by atoms with Crippen LogP contribution in [0.4, 0.5) is 0 Å². The van der Waals surface area contributed by atoms with Gasteiger partial charge in [0, 0.05) is 11.1 Å². The Morgan fingerprint density at radius 3 is 1.91 bits per heavy atom. The van der Waals surface area contributed by atoms with Crippen molar-refractivity contribution in [1.29, 1.82) is 0 Å². The van der Waals surface area contributed by atoms with Crippen LogP contribution in [0.15, 0.2) is 157 Å². The summed E-state index contributed by atoms with van der Waals surface area (Å²) in [6.07, 6.45) is 14.6. The second-order valence-electron chi connectivity index (χ2n) is 12.5. The molecule has 0 aliphatic carbocycles. The van der Waals surface area contributed by atoms with Crippen LogP contribution < -0.4 is 5.73 Å². The van der Waals surface area contributed by atoms with E-state index in [0.717, 1.165) is 42.5 Å². The van der Waals surface area contributed by atoms with E-state index in [1.54, 1.807) is 0 Å². The van der Waals surface area contributed by atoms with Crippen LogP contribution in [0.2, 0.25) is 0 Å². The predicted molar refractivity (Wildman–Crippen MR) is 207 cm³/mol. The van der Waals surface area contributed by atoms with E-state index in [1.165, 1.54) is 27.8 Å². The van der Waals surface area contributed by atoms with Gasteiger partial charge in [0.25, 0.3) is 0 Å². The molecule has 0 saturated heterocycles. The SMILES string of the molecule is C=C(C)C(C)(C)C(=C)/C(C)=C(\C=C/C)/C=C(\C)CCc1ccccc1.C=C(N)CCC(C)/C=C/C(=C)OCC.Cc1ccccc1. The van der Waals surface area contributed by atoms with E-state index >= 15 is 0 Å². The van der Waals surface area contributed by atoms with Crippen molar-refractivity contribution in [2.75, 3.05) is 6.61 Å². The molecular formula is C44H63NO. The molecule has 0 saturated carbocycles. The summed E-state index contributed by atoms with van der Waals surface area (Å²) in [6.45, 7) is 35.7. The Morgan fingerprint density at radius 1 is 0.891 bits per heavy atom. The maximum atomic E-state index is 5.48. The number of nitrogens with two attached hydrogens (primary N) is 1. The Bertz CT molecular complexity index is 1330. The molecule has 2 nitrogen and oxygen atoms in total. The van der Waals surface area contributed by atoms with Crippen molar-refractivity contribution in [3.63, 3.8) is 0 Å². The fourth-order valence-corrected chi connectivity index (χ4v) is 4.23. The Morgan fingerprint density at radius 2 is 1.46 bits per heavy atom. The van der Waals surface area contributed by atoms with Crippen molar-refractivity contribution < 1.29 is 4.74 Å². The highest BCUT2D eigenvalue weighted by atomic mass is 16.5. The van der Waals surface area contributed by atoms with E-state index in [0.29, 0.717) is 18.3 Å². The van der Waals surface area contributed by atoms with Gasteiger partial charge in [-0.1, -0.05) is 149 Å². The van der Waals surface area contributed by atoms with Crippen molar-refractivity contribution >= 4 is 0 Å². The monoisotopic (exact) mass is 621 g/mol. The molecule has 0 aliphatic rings. The van der Waals surface area contributed by atoms with Gasteiger partial charge in [-0.15, -0.1) is 0 Å². The average molecular weight is 622 g/mol. The zero-order valence-electron chi connectivity index (χ0n) is 30.6. The van der Waals surface area contributed by atoms with Crippen LogP contribution in [0.1, 0.15) is 85.8 Å². The summed E-state index contributed by atoms with van der Waals surface area (Å²) in [5.41, 5.74) is 15.0. The first-order chi connectivity index (χ1) is 21.6. The summed E-state index contributed by atoms with van der Waals surface area (Å²) in [7, 11) is 0. The molecule has 2 rings (SSSR count).